The second-order valence-corrected chi connectivity index (χ2v) is 7.33. The molecule has 0 unspecified atom stereocenters. The Morgan fingerprint density at radius 3 is 2.43 bits per heavy atom. The van der Waals surface area contributed by atoms with Crippen molar-refractivity contribution in [1.29, 1.82) is 0 Å². The van der Waals surface area contributed by atoms with Gasteiger partial charge in [0.2, 0.25) is 11.8 Å². The lowest BCUT2D eigenvalue weighted by Gasteiger charge is -2.14. The van der Waals surface area contributed by atoms with E-state index < -0.39 is 18.5 Å². The van der Waals surface area contributed by atoms with Crippen LogP contribution in [0.2, 0.25) is 5.02 Å². The number of imide groups is 1. The molecule has 1 aliphatic heterocycles. The van der Waals surface area contributed by atoms with E-state index >= 15 is 0 Å². The third-order valence-corrected chi connectivity index (χ3v) is 5.21. The average Bonchev–Trinajstić information content (AvgIpc) is 2.91. The molecule has 3 rings (SSSR count). The Balaban J connectivity index is 1.44. The molecule has 3 amide bonds. The summed E-state index contributed by atoms with van der Waals surface area (Å²) in [5, 5.41) is 2.95. The predicted octanol–water partition coefficient (Wildman–Crippen LogP) is 2.47. The Morgan fingerprint density at radius 1 is 1.18 bits per heavy atom. The number of amides is 3. The molecule has 2 aliphatic rings. The van der Waals surface area contributed by atoms with Gasteiger partial charge in [0.05, 0.1) is 29.0 Å². The van der Waals surface area contributed by atoms with Crippen LogP contribution in [0.3, 0.4) is 0 Å². The first-order valence-electron chi connectivity index (χ1n) is 9.08. The van der Waals surface area contributed by atoms with Crippen molar-refractivity contribution in [2.45, 2.75) is 26.2 Å². The summed E-state index contributed by atoms with van der Waals surface area (Å²) in [6.45, 7) is 1.37. The number of anilines is 1. The Bertz CT molecular complexity index is 825. The van der Waals surface area contributed by atoms with Gasteiger partial charge >= 0.3 is 5.97 Å². The van der Waals surface area contributed by atoms with Crippen molar-refractivity contribution in [3.63, 3.8) is 0 Å². The molecule has 1 N–H and O–H groups in total. The SMILES string of the molecule is Cc1ccc(NC(=O)COC(=O)CCN2C(=O)[C@H]3CC=CC[C@H]3C2=O)c(Cl)c1. The highest BCUT2D eigenvalue weighted by Crippen LogP contribution is 2.35. The molecule has 7 nitrogen and oxygen atoms in total. The summed E-state index contributed by atoms with van der Waals surface area (Å²) in [6, 6.07) is 5.17. The van der Waals surface area contributed by atoms with Gasteiger partial charge in [-0.25, -0.2) is 0 Å². The fraction of sp³-hybridized carbons (Fsp3) is 0.400. The number of rotatable bonds is 6. The monoisotopic (exact) mass is 404 g/mol. The zero-order valence-electron chi connectivity index (χ0n) is 15.4. The lowest BCUT2D eigenvalue weighted by Crippen LogP contribution is -2.33. The molecule has 0 saturated carbocycles. The lowest BCUT2D eigenvalue weighted by molar-refractivity contribution is -0.148. The van der Waals surface area contributed by atoms with Crippen molar-refractivity contribution in [2.24, 2.45) is 11.8 Å². The molecule has 0 radical (unpaired) electrons. The molecule has 0 spiro atoms. The summed E-state index contributed by atoms with van der Waals surface area (Å²) in [4.78, 5) is 49.6. The Morgan fingerprint density at radius 2 is 1.82 bits per heavy atom. The minimum absolute atomic E-state index is 0.0328. The molecule has 148 valence electrons. The van der Waals surface area contributed by atoms with Crippen LogP contribution >= 0.6 is 11.6 Å². The van der Waals surface area contributed by atoms with Crippen molar-refractivity contribution >= 4 is 41.0 Å². The van der Waals surface area contributed by atoms with E-state index in [1.165, 1.54) is 0 Å². The van der Waals surface area contributed by atoms with Crippen molar-refractivity contribution in [2.75, 3.05) is 18.5 Å². The maximum absolute atomic E-state index is 12.3. The standard InChI is InChI=1S/C20H21ClN2O5/c1-12-6-7-16(15(21)10-12)22-17(24)11-28-18(25)8-9-23-19(26)13-4-2-3-5-14(13)20(23)27/h2-3,6-7,10,13-14H,4-5,8-9,11H2,1H3,(H,22,24)/t13-,14+. The van der Waals surface area contributed by atoms with E-state index in [4.69, 9.17) is 16.3 Å². The zero-order chi connectivity index (χ0) is 20.3. The fourth-order valence-electron chi connectivity index (χ4n) is 3.42. The zero-order valence-corrected chi connectivity index (χ0v) is 16.2. The molecule has 1 aromatic rings. The number of benzene rings is 1. The number of hydrogen-bond donors (Lipinski definition) is 1. The van der Waals surface area contributed by atoms with Gasteiger partial charge in [-0.15, -0.1) is 0 Å². The first-order chi connectivity index (χ1) is 13.4. The van der Waals surface area contributed by atoms with Gasteiger partial charge < -0.3 is 10.1 Å². The quantitative estimate of drug-likeness (QED) is 0.446. The van der Waals surface area contributed by atoms with E-state index in [0.717, 1.165) is 10.5 Å². The fourth-order valence-corrected chi connectivity index (χ4v) is 3.70. The maximum atomic E-state index is 12.3. The Hall–Kier alpha value is -2.67. The number of ether oxygens (including phenoxy) is 1. The molecular weight excluding hydrogens is 384 g/mol. The van der Waals surface area contributed by atoms with E-state index in [0.29, 0.717) is 23.6 Å². The molecule has 1 heterocycles. The van der Waals surface area contributed by atoms with Crippen LogP contribution < -0.4 is 5.32 Å². The van der Waals surface area contributed by atoms with Gasteiger partial charge in [-0.2, -0.15) is 0 Å². The number of esters is 1. The predicted molar refractivity (Wildman–Crippen MR) is 102 cm³/mol. The van der Waals surface area contributed by atoms with Gasteiger partial charge in [0.25, 0.3) is 5.91 Å². The average molecular weight is 405 g/mol. The third kappa shape index (κ3) is 4.42. The number of nitrogens with one attached hydrogen (secondary N) is 1. The minimum atomic E-state index is -0.654. The van der Waals surface area contributed by atoms with Crippen LogP contribution in [-0.2, 0) is 23.9 Å². The highest BCUT2D eigenvalue weighted by molar-refractivity contribution is 6.33. The summed E-state index contributed by atoms with van der Waals surface area (Å²) in [7, 11) is 0. The van der Waals surface area contributed by atoms with E-state index in [-0.39, 0.29) is 36.6 Å². The Labute approximate surface area is 167 Å². The molecule has 8 heteroatoms. The van der Waals surface area contributed by atoms with Crippen LogP contribution in [-0.4, -0.2) is 41.7 Å². The van der Waals surface area contributed by atoms with Crippen molar-refractivity contribution < 1.29 is 23.9 Å². The van der Waals surface area contributed by atoms with Gasteiger partial charge in [0.1, 0.15) is 0 Å². The summed E-state index contributed by atoms with van der Waals surface area (Å²) < 4.78 is 4.93. The van der Waals surface area contributed by atoms with Crippen LogP contribution in [0.5, 0.6) is 0 Å². The first kappa shape index (κ1) is 20.1. The van der Waals surface area contributed by atoms with Gasteiger partial charge in [-0.05, 0) is 37.5 Å². The van der Waals surface area contributed by atoms with E-state index in [1.807, 2.05) is 19.1 Å². The molecule has 28 heavy (non-hydrogen) atoms. The number of carbonyl (C=O) groups is 4. The number of fused-ring (bicyclic) bond motifs is 1. The molecule has 0 aromatic heterocycles. The number of nitrogens with zero attached hydrogens (tertiary/aromatic N) is 1. The number of hydrogen-bond acceptors (Lipinski definition) is 5. The van der Waals surface area contributed by atoms with Crippen LogP contribution in [0.15, 0.2) is 30.4 Å². The van der Waals surface area contributed by atoms with Gasteiger partial charge in [-0.3, -0.25) is 24.1 Å². The van der Waals surface area contributed by atoms with Crippen LogP contribution in [0.1, 0.15) is 24.8 Å². The largest absolute Gasteiger partial charge is 0.456 e. The van der Waals surface area contributed by atoms with E-state index in [1.54, 1.807) is 18.2 Å². The second kappa shape index (κ2) is 8.56. The number of halogens is 1. The van der Waals surface area contributed by atoms with Crippen molar-refractivity contribution in [3.05, 3.63) is 40.9 Å². The summed E-state index contributed by atoms with van der Waals surface area (Å²) in [5.41, 5.74) is 1.38. The van der Waals surface area contributed by atoms with Crippen LogP contribution in [0, 0.1) is 18.8 Å². The van der Waals surface area contributed by atoms with Gasteiger partial charge in [0.15, 0.2) is 6.61 Å². The van der Waals surface area contributed by atoms with Crippen molar-refractivity contribution in [3.8, 4) is 0 Å². The number of likely N-dealkylation sites (tertiary alicyclic amines) is 1. The van der Waals surface area contributed by atoms with Crippen molar-refractivity contribution in [1.82, 2.24) is 4.90 Å². The lowest BCUT2D eigenvalue weighted by atomic mass is 9.85. The summed E-state index contributed by atoms with van der Waals surface area (Å²) in [5.74, 6) is -2.29. The van der Waals surface area contributed by atoms with Gasteiger partial charge in [-0.1, -0.05) is 29.8 Å². The molecular formula is C20H21ClN2O5. The summed E-state index contributed by atoms with van der Waals surface area (Å²) >= 11 is 6.04. The number of allylic oxidation sites excluding steroid dienone is 2. The van der Waals surface area contributed by atoms with Crippen LogP contribution in [0.4, 0.5) is 5.69 Å². The van der Waals surface area contributed by atoms with Gasteiger partial charge in [0, 0.05) is 6.54 Å². The smallest absolute Gasteiger partial charge is 0.308 e. The molecule has 2 atom stereocenters. The highest BCUT2D eigenvalue weighted by atomic mass is 35.5. The minimum Gasteiger partial charge on any atom is -0.456 e. The third-order valence-electron chi connectivity index (χ3n) is 4.90. The van der Waals surface area contributed by atoms with Crippen LogP contribution in [0.25, 0.3) is 0 Å². The number of aryl methyl sites for hydroxylation is 1. The summed E-state index contributed by atoms with van der Waals surface area (Å²) in [6.07, 6.45) is 4.77. The maximum Gasteiger partial charge on any atom is 0.308 e. The van der Waals surface area contributed by atoms with E-state index in [2.05, 4.69) is 5.32 Å². The molecule has 1 aromatic carbocycles. The first-order valence-corrected chi connectivity index (χ1v) is 9.46. The Kier molecular flexibility index (Phi) is 6.14. The molecule has 0 bridgehead atoms. The second-order valence-electron chi connectivity index (χ2n) is 6.93. The topological polar surface area (TPSA) is 92.8 Å². The number of carbonyl (C=O) groups excluding carboxylic acids is 4. The highest BCUT2D eigenvalue weighted by Gasteiger charge is 2.46. The normalized spacial score (nSPS) is 20.9. The molecule has 1 saturated heterocycles. The molecule has 1 aliphatic carbocycles. The molecule has 1 fully saturated rings. The van der Waals surface area contributed by atoms with E-state index in [9.17, 15) is 19.2 Å².